The summed E-state index contributed by atoms with van der Waals surface area (Å²) < 4.78 is 14.1. The fraction of sp³-hybridized carbons (Fsp3) is 0.261. The molecule has 4 rings (SSSR count). The molecule has 3 aromatic rings. The van der Waals surface area contributed by atoms with Crippen LogP contribution in [-0.4, -0.2) is 42.1 Å². The van der Waals surface area contributed by atoms with E-state index in [1.807, 2.05) is 41.8 Å². The molecule has 0 aliphatic carbocycles. The molecule has 0 saturated carbocycles. The van der Waals surface area contributed by atoms with Crippen molar-refractivity contribution in [2.75, 3.05) is 36.0 Å². The monoisotopic (exact) mass is 405 g/mol. The minimum absolute atomic E-state index is 0.186. The van der Waals surface area contributed by atoms with Gasteiger partial charge in [0.25, 0.3) is 5.91 Å². The Morgan fingerprint density at radius 3 is 2.20 bits per heavy atom. The van der Waals surface area contributed by atoms with E-state index in [4.69, 9.17) is 10.7 Å². The van der Waals surface area contributed by atoms with Gasteiger partial charge in [-0.05, 0) is 44.2 Å². The molecule has 0 unspecified atom stereocenters. The number of anilines is 2. The lowest BCUT2D eigenvalue weighted by molar-refractivity contribution is 0.0995. The van der Waals surface area contributed by atoms with E-state index in [0.717, 1.165) is 16.7 Å². The SMILES string of the molecule is Cc1cc(C)cc(-c2cc(C(N)=O)nc(N3CCN(c4ccccc4F)CC3)n2)c1. The standard InChI is InChI=1S/C23H24FN5O/c1-15-11-16(2)13-17(12-15)19-14-20(22(25)30)27-23(26-19)29-9-7-28(8-10-29)21-6-4-3-5-18(21)24/h3-6,11-14H,7-10H2,1-2H3,(H2,25,30). The Bertz CT molecular complexity index is 1070. The number of primary amides is 1. The predicted octanol–water partition coefficient (Wildman–Crippen LogP) is 3.33. The van der Waals surface area contributed by atoms with Crippen LogP contribution in [0.5, 0.6) is 0 Å². The number of carbonyl (C=O) groups excluding carboxylic acids is 1. The number of rotatable bonds is 4. The van der Waals surface area contributed by atoms with Gasteiger partial charge >= 0.3 is 0 Å². The van der Waals surface area contributed by atoms with Gasteiger partial charge in [-0.2, -0.15) is 0 Å². The van der Waals surface area contributed by atoms with E-state index >= 15 is 0 Å². The Hall–Kier alpha value is -3.48. The fourth-order valence-electron chi connectivity index (χ4n) is 3.83. The molecule has 154 valence electrons. The van der Waals surface area contributed by atoms with Gasteiger partial charge in [-0.25, -0.2) is 14.4 Å². The molecule has 0 radical (unpaired) electrons. The van der Waals surface area contributed by atoms with Crippen LogP contribution in [0, 0.1) is 19.7 Å². The van der Waals surface area contributed by atoms with E-state index in [1.54, 1.807) is 18.2 Å². The van der Waals surface area contributed by atoms with Crippen LogP contribution in [0.25, 0.3) is 11.3 Å². The van der Waals surface area contributed by atoms with Gasteiger partial charge in [-0.1, -0.05) is 29.3 Å². The first-order valence-electron chi connectivity index (χ1n) is 9.93. The van der Waals surface area contributed by atoms with Crippen molar-refractivity contribution in [3.8, 4) is 11.3 Å². The third kappa shape index (κ3) is 4.10. The molecule has 1 amide bonds. The molecular weight excluding hydrogens is 381 g/mol. The van der Waals surface area contributed by atoms with Crippen molar-refractivity contribution in [3.63, 3.8) is 0 Å². The Labute approximate surface area is 175 Å². The van der Waals surface area contributed by atoms with Gasteiger partial charge in [-0.15, -0.1) is 0 Å². The van der Waals surface area contributed by atoms with Crippen LogP contribution >= 0.6 is 0 Å². The number of nitrogens with two attached hydrogens (primary N) is 1. The maximum atomic E-state index is 14.1. The van der Waals surface area contributed by atoms with Gasteiger partial charge in [0.1, 0.15) is 11.5 Å². The zero-order chi connectivity index (χ0) is 21.3. The Morgan fingerprint density at radius 2 is 1.57 bits per heavy atom. The van der Waals surface area contributed by atoms with Crippen molar-refractivity contribution in [2.24, 2.45) is 5.73 Å². The zero-order valence-electron chi connectivity index (χ0n) is 17.1. The van der Waals surface area contributed by atoms with Gasteiger partial charge < -0.3 is 15.5 Å². The van der Waals surface area contributed by atoms with Crippen LogP contribution < -0.4 is 15.5 Å². The number of benzene rings is 2. The third-order valence-corrected chi connectivity index (χ3v) is 5.24. The summed E-state index contributed by atoms with van der Waals surface area (Å²) >= 11 is 0. The molecule has 1 fully saturated rings. The first-order chi connectivity index (χ1) is 14.4. The lowest BCUT2D eigenvalue weighted by atomic mass is 10.0. The van der Waals surface area contributed by atoms with Crippen molar-refractivity contribution in [2.45, 2.75) is 13.8 Å². The minimum atomic E-state index is -0.589. The van der Waals surface area contributed by atoms with E-state index in [9.17, 15) is 9.18 Å². The van der Waals surface area contributed by atoms with E-state index < -0.39 is 5.91 Å². The molecule has 1 aliphatic rings. The highest BCUT2D eigenvalue weighted by Crippen LogP contribution is 2.25. The first-order valence-corrected chi connectivity index (χ1v) is 9.93. The molecule has 1 saturated heterocycles. The molecule has 30 heavy (non-hydrogen) atoms. The van der Waals surface area contributed by atoms with Crippen LogP contribution in [-0.2, 0) is 0 Å². The largest absolute Gasteiger partial charge is 0.366 e. The summed E-state index contributed by atoms with van der Waals surface area (Å²) in [4.78, 5) is 25.0. The lowest BCUT2D eigenvalue weighted by Crippen LogP contribution is -2.47. The van der Waals surface area contributed by atoms with Gasteiger partial charge in [0, 0.05) is 31.7 Å². The molecule has 2 aromatic carbocycles. The summed E-state index contributed by atoms with van der Waals surface area (Å²) in [6.45, 7) is 6.53. The summed E-state index contributed by atoms with van der Waals surface area (Å²) in [5.74, 6) is -0.349. The number of aryl methyl sites for hydroxylation is 2. The molecule has 2 heterocycles. The zero-order valence-corrected chi connectivity index (χ0v) is 17.1. The maximum absolute atomic E-state index is 14.1. The Morgan fingerprint density at radius 1 is 0.933 bits per heavy atom. The average Bonchev–Trinajstić information content (AvgIpc) is 2.73. The van der Waals surface area contributed by atoms with E-state index in [1.165, 1.54) is 6.07 Å². The minimum Gasteiger partial charge on any atom is -0.366 e. The number of nitrogens with zero attached hydrogens (tertiary/aromatic N) is 4. The highest BCUT2D eigenvalue weighted by Gasteiger charge is 2.22. The molecule has 0 bridgehead atoms. The third-order valence-electron chi connectivity index (χ3n) is 5.24. The summed E-state index contributed by atoms with van der Waals surface area (Å²) in [5, 5.41) is 0. The highest BCUT2D eigenvalue weighted by molar-refractivity contribution is 5.92. The first kappa shape index (κ1) is 19.8. The van der Waals surface area contributed by atoms with Crippen molar-refractivity contribution >= 4 is 17.5 Å². The van der Waals surface area contributed by atoms with E-state index in [0.29, 0.717) is 43.5 Å². The van der Waals surface area contributed by atoms with Crippen LogP contribution in [0.15, 0.2) is 48.5 Å². The number of piperazine rings is 1. The highest BCUT2D eigenvalue weighted by atomic mass is 19.1. The summed E-state index contributed by atoms with van der Waals surface area (Å²) in [6.07, 6.45) is 0. The summed E-state index contributed by atoms with van der Waals surface area (Å²) in [6, 6.07) is 14.6. The molecular formula is C23H24FN5O. The number of amides is 1. The smallest absolute Gasteiger partial charge is 0.267 e. The molecule has 7 heteroatoms. The van der Waals surface area contributed by atoms with E-state index in [2.05, 4.69) is 11.1 Å². The number of carbonyl (C=O) groups is 1. The van der Waals surface area contributed by atoms with Gasteiger partial charge in [0.15, 0.2) is 0 Å². The number of para-hydroxylation sites is 1. The van der Waals surface area contributed by atoms with Crippen LogP contribution in [0.4, 0.5) is 16.0 Å². The second kappa shape index (κ2) is 8.10. The van der Waals surface area contributed by atoms with Crippen molar-refractivity contribution in [3.05, 3.63) is 71.2 Å². The number of aromatic nitrogens is 2. The van der Waals surface area contributed by atoms with Crippen LogP contribution in [0.3, 0.4) is 0 Å². The quantitative estimate of drug-likeness (QED) is 0.721. The topological polar surface area (TPSA) is 75.4 Å². The van der Waals surface area contributed by atoms with Gasteiger partial charge in [-0.3, -0.25) is 4.79 Å². The summed E-state index contributed by atoms with van der Waals surface area (Å²) in [5.41, 5.74) is 10.1. The van der Waals surface area contributed by atoms with Crippen molar-refractivity contribution < 1.29 is 9.18 Å². The second-order valence-corrected chi connectivity index (χ2v) is 7.60. The number of hydrogen-bond acceptors (Lipinski definition) is 5. The molecule has 6 nitrogen and oxygen atoms in total. The van der Waals surface area contributed by atoms with Crippen molar-refractivity contribution in [1.82, 2.24) is 9.97 Å². The van der Waals surface area contributed by atoms with Crippen LogP contribution in [0.2, 0.25) is 0 Å². The fourth-order valence-corrected chi connectivity index (χ4v) is 3.83. The Kier molecular flexibility index (Phi) is 5.35. The van der Waals surface area contributed by atoms with Crippen LogP contribution in [0.1, 0.15) is 21.6 Å². The lowest BCUT2D eigenvalue weighted by Gasteiger charge is -2.36. The predicted molar refractivity (Wildman–Crippen MR) is 116 cm³/mol. The van der Waals surface area contributed by atoms with Gasteiger partial charge in [0.05, 0.1) is 11.4 Å². The maximum Gasteiger partial charge on any atom is 0.267 e. The van der Waals surface area contributed by atoms with Gasteiger partial charge in [0.2, 0.25) is 5.95 Å². The average molecular weight is 405 g/mol. The molecule has 1 aromatic heterocycles. The number of halogens is 1. The summed E-state index contributed by atoms with van der Waals surface area (Å²) in [7, 11) is 0. The van der Waals surface area contributed by atoms with E-state index in [-0.39, 0.29) is 11.5 Å². The Balaban J connectivity index is 1.62. The second-order valence-electron chi connectivity index (χ2n) is 7.60. The molecule has 2 N–H and O–H groups in total. The van der Waals surface area contributed by atoms with Crippen molar-refractivity contribution in [1.29, 1.82) is 0 Å². The molecule has 0 atom stereocenters. The molecule has 0 spiro atoms. The number of hydrogen-bond donors (Lipinski definition) is 1. The molecule has 1 aliphatic heterocycles. The normalized spacial score (nSPS) is 14.1.